The second-order valence-corrected chi connectivity index (χ2v) is 3.59. The average Bonchev–Trinajstić information content (AvgIpc) is 2.24. The lowest BCUT2D eigenvalue weighted by Gasteiger charge is -2.08. The van der Waals surface area contributed by atoms with E-state index in [1.54, 1.807) is 12.1 Å². The van der Waals surface area contributed by atoms with Gasteiger partial charge in [0.15, 0.2) is 0 Å². The number of hydrogen-bond donors (Lipinski definition) is 0. The van der Waals surface area contributed by atoms with Gasteiger partial charge in [-0.1, -0.05) is 6.07 Å². The first kappa shape index (κ1) is 11.2. The summed E-state index contributed by atoms with van der Waals surface area (Å²) in [5.74, 6) is -1.17. The number of carboxylic acids is 1. The fourth-order valence-corrected chi connectivity index (χ4v) is 1.50. The van der Waals surface area contributed by atoms with Crippen LogP contribution in [0, 0.1) is 6.92 Å². The molecule has 5 heteroatoms. The van der Waals surface area contributed by atoms with E-state index in [4.69, 9.17) is 9.15 Å². The van der Waals surface area contributed by atoms with Crippen molar-refractivity contribution in [3.05, 3.63) is 40.2 Å². The van der Waals surface area contributed by atoms with E-state index in [2.05, 4.69) is 0 Å². The molecular formula is C12H9O5-. The molecule has 0 fully saturated rings. The maximum absolute atomic E-state index is 11.3. The van der Waals surface area contributed by atoms with Crippen LogP contribution in [0.15, 0.2) is 33.5 Å². The van der Waals surface area contributed by atoms with E-state index in [0.717, 1.165) is 11.6 Å². The zero-order valence-electron chi connectivity index (χ0n) is 9.06. The minimum atomic E-state index is -1.35. The monoisotopic (exact) mass is 233 g/mol. The van der Waals surface area contributed by atoms with Crippen molar-refractivity contribution in [2.75, 3.05) is 6.61 Å². The van der Waals surface area contributed by atoms with Crippen molar-refractivity contribution in [1.29, 1.82) is 0 Å². The Kier molecular flexibility index (Phi) is 2.82. The van der Waals surface area contributed by atoms with Gasteiger partial charge in [-0.3, -0.25) is 0 Å². The number of carboxylic acid groups (broad SMARTS) is 1. The molecule has 2 rings (SSSR count). The summed E-state index contributed by atoms with van der Waals surface area (Å²) in [4.78, 5) is 21.6. The van der Waals surface area contributed by atoms with Gasteiger partial charge in [0.25, 0.3) is 0 Å². The Balaban J connectivity index is 2.53. The van der Waals surface area contributed by atoms with Gasteiger partial charge in [0, 0.05) is 0 Å². The standard InChI is InChI=1S/C12H10O5/c1-7-2-3-8-9(16-6-11(13)14)5-12(15)17-10(8)4-7/h2-5H,6H2,1H3,(H,13,14)/p-1. The molecule has 17 heavy (non-hydrogen) atoms. The molecule has 0 aliphatic heterocycles. The number of hydrogen-bond acceptors (Lipinski definition) is 5. The molecule has 0 aliphatic rings. The highest BCUT2D eigenvalue weighted by Crippen LogP contribution is 2.24. The van der Waals surface area contributed by atoms with Crippen LogP contribution in [-0.4, -0.2) is 12.6 Å². The zero-order chi connectivity index (χ0) is 12.4. The second kappa shape index (κ2) is 4.29. The second-order valence-electron chi connectivity index (χ2n) is 3.59. The van der Waals surface area contributed by atoms with Crippen molar-refractivity contribution in [2.45, 2.75) is 6.92 Å². The quantitative estimate of drug-likeness (QED) is 0.709. The SMILES string of the molecule is Cc1ccc2c(OCC(=O)[O-])cc(=O)oc2c1. The topological polar surface area (TPSA) is 79.6 Å². The van der Waals surface area contributed by atoms with Gasteiger partial charge in [0.2, 0.25) is 0 Å². The lowest BCUT2D eigenvalue weighted by atomic mass is 10.1. The highest BCUT2D eigenvalue weighted by atomic mass is 16.5. The number of carbonyl (C=O) groups is 1. The predicted molar refractivity (Wildman–Crippen MR) is 57.7 cm³/mol. The van der Waals surface area contributed by atoms with E-state index in [9.17, 15) is 14.7 Å². The molecule has 0 spiro atoms. The van der Waals surface area contributed by atoms with Crippen molar-refractivity contribution in [1.82, 2.24) is 0 Å². The molecule has 0 unspecified atom stereocenters. The van der Waals surface area contributed by atoms with Crippen molar-refractivity contribution in [3.63, 3.8) is 0 Å². The van der Waals surface area contributed by atoms with Crippen LogP contribution < -0.4 is 15.5 Å². The molecule has 0 bridgehead atoms. The Morgan fingerprint density at radius 2 is 2.18 bits per heavy atom. The molecule has 5 nitrogen and oxygen atoms in total. The summed E-state index contributed by atoms with van der Waals surface area (Å²) in [5.41, 5.74) is 0.708. The van der Waals surface area contributed by atoms with Gasteiger partial charge in [-0.2, -0.15) is 0 Å². The average molecular weight is 233 g/mol. The first-order valence-electron chi connectivity index (χ1n) is 4.93. The van der Waals surface area contributed by atoms with Gasteiger partial charge in [0.05, 0.1) is 17.4 Å². The Hall–Kier alpha value is -2.30. The molecule has 2 aromatic rings. The van der Waals surface area contributed by atoms with Crippen LogP contribution >= 0.6 is 0 Å². The fourth-order valence-electron chi connectivity index (χ4n) is 1.50. The molecule has 0 aliphatic carbocycles. The molecular weight excluding hydrogens is 224 g/mol. The van der Waals surface area contributed by atoms with E-state index in [1.165, 1.54) is 0 Å². The summed E-state index contributed by atoms with van der Waals surface area (Å²) in [6.45, 7) is 1.25. The van der Waals surface area contributed by atoms with Crippen LogP contribution in [0.1, 0.15) is 5.56 Å². The number of ether oxygens (including phenoxy) is 1. The highest BCUT2D eigenvalue weighted by Gasteiger charge is 2.06. The fraction of sp³-hybridized carbons (Fsp3) is 0.167. The molecule has 0 saturated heterocycles. The Bertz CT molecular complexity index is 626. The van der Waals surface area contributed by atoms with Gasteiger partial charge in [-0.05, 0) is 24.6 Å². The molecule has 0 radical (unpaired) electrons. The van der Waals surface area contributed by atoms with E-state index in [1.807, 2.05) is 13.0 Å². The van der Waals surface area contributed by atoms with Gasteiger partial charge < -0.3 is 19.1 Å². The molecule has 0 saturated carbocycles. The van der Waals surface area contributed by atoms with Gasteiger partial charge in [-0.25, -0.2) is 4.79 Å². The number of aryl methyl sites for hydroxylation is 1. The van der Waals surface area contributed by atoms with E-state index in [-0.39, 0.29) is 5.75 Å². The zero-order valence-corrected chi connectivity index (χ0v) is 9.06. The molecule has 0 N–H and O–H groups in total. The molecule has 1 aromatic heterocycles. The van der Waals surface area contributed by atoms with Crippen molar-refractivity contribution >= 4 is 16.9 Å². The molecule has 1 aromatic carbocycles. The smallest absolute Gasteiger partial charge is 0.339 e. The minimum Gasteiger partial charge on any atom is -0.546 e. The number of fused-ring (bicyclic) bond motifs is 1. The third-order valence-corrected chi connectivity index (χ3v) is 2.21. The van der Waals surface area contributed by atoms with Gasteiger partial charge in [0.1, 0.15) is 17.9 Å². The molecule has 0 atom stereocenters. The lowest BCUT2D eigenvalue weighted by Crippen LogP contribution is -2.29. The number of aliphatic carboxylic acids is 1. The van der Waals surface area contributed by atoms with Crippen LogP contribution in [0.25, 0.3) is 11.0 Å². The summed E-state index contributed by atoms with van der Waals surface area (Å²) in [6, 6.07) is 6.32. The lowest BCUT2D eigenvalue weighted by molar-refractivity contribution is -0.307. The maximum Gasteiger partial charge on any atom is 0.339 e. The molecule has 88 valence electrons. The van der Waals surface area contributed by atoms with Gasteiger partial charge >= 0.3 is 5.63 Å². The maximum atomic E-state index is 11.3. The van der Waals surface area contributed by atoms with E-state index in [0.29, 0.717) is 11.0 Å². The normalized spacial score (nSPS) is 10.4. The predicted octanol–water partition coefficient (Wildman–Crippen LogP) is 0.230. The minimum absolute atomic E-state index is 0.181. The number of rotatable bonds is 3. The first-order valence-corrected chi connectivity index (χ1v) is 4.93. The summed E-state index contributed by atoms with van der Waals surface area (Å²) < 4.78 is 9.97. The van der Waals surface area contributed by atoms with Crippen LogP contribution in [0.3, 0.4) is 0 Å². The number of benzene rings is 1. The van der Waals surface area contributed by atoms with Crippen LogP contribution in [-0.2, 0) is 4.79 Å². The van der Waals surface area contributed by atoms with E-state index < -0.39 is 18.2 Å². The van der Waals surface area contributed by atoms with Gasteiger partial charge in [-0.15, -0.1) is 0 Å². The summed E-state index contributed by atoms with van der Waals surface area (Å²) in [5, 5.41) is 10.9. The van der Waals surface area contributed by atoms with Crippen molar-refractivity contribution in [2.24, 2.45) is 0 Å². The van der Waals surface area contributed by atoms with Crippen molar-refractivity contribution in [3.8, 4) is 5.75 Å². The Morgan fingerprint density at radius 3 is 2.88 bits per heavy atom. The summed E-state index contributed by atoms with van der Waals surface area (Å²) >= 11 is 0. The largest absolute Gasteiger partial charge is 0.546 e. The third-order valence-electron chi connectivity index (χ3n) is 2.21. The Morgan fingerprint density at radius 1 is 1.41 bits per heavy atom. The highest BCUT2D eigenvalue weighted by molar-refractivity contribution is 5.84. The first-order chi connectivity index (χ1) is 8.06. The van der Waals surface area contributed by atoms with E-state index >= 15 is 0 Å². The summed E-state index contributed by atoms with van der Waals surface area (Å²) in [6.07, 6.45) is 0. The number of carbonyl (C=O) groups excluding carboxylic acids is 1. The van der Waals surface area contributed by atoms with Crippen LogP contribution in [0.4, 0.5) is 0 Å². The van der Waals surface area contributed by atoms with Crippen LogP contribution in [0.5, 0.6) is 5.75 Å². The Labute approximate surface area is 96.2 Å². The van der Waals surface area contributed by atoms with Crippen molar-refractivity contribution < 1.29 is 19.1 Å². The third kappa shape index (κ3) is 2.44. The molecule has 0 amide bonds. The van der Waals surface area contributed by atoms with Crippen LogP contribution in [0.2, 0.25) is 0 Å². The summed E-state index contributed by atoms with van der Waals surface area (Å²) in [7, 11) is 0. The molecule has 1 heterocycles.